The molecule has 28 heavy (non-hydrogen) atoms. The Morgan fingerprint density at radius 3 is 2.18 bits per heavy atom. The number of fused-ring (bicyclic) bond motifs is 1. The van der Waals surface area contributed by atoms with Crippen LogP contribution in [-0.2, 0) is 26.8 Å². The van der Waals surface area contributed by atoms with E-state index in [1.807, 2.05) is 36.2 Å². The molecule has 9 heteroatoms. The topological polar surface area (TPSA) is 98.5 Å². The van der Waals surface area contributed by atoms with Crippen molar-refractivity contribution in [2.75, 3.05) is 4.90 Å². The van der Waals surface area contributed by atoms with Crippen LogP contribution in [0.1, 0.15) is 5.56 Å². The average Bonchev–Trinajstić information content (AvgIpc) is 3.17. The van der Waals surface area contributed by atoms with Gasteiger partial charge in [0, 0.05) is 18.2 Å². The number of hydrogen-bond donors (Lipinski definition) is 0. The second-order valence-electron chi connectivity index (χ2n) is 6.10. The van der Waals surface area contributed by atoms with E-state index in [0.29, 0.717) is 5.69 Å². The highest BCUT2D eigenvalue weighted by Crippen LogP contribution is 2.25. The van der Waals surface area contributed by atoms with Crippen molar-refractivity contribution >= 4 is 49.2 Å². The Morgan fingerprint density at radius 2 is 1.61 bits per heavy atom. The van der Waals surface area contributed by atoms with Crippen LogP contribution in [0.15, 0.2) is 65.0 Å². The molecule has 0 spiro atoms. The van der Waals surface area contributed by atoms with E-state index in [9.17, 15) is 22.6 Å². The number of carbonyl (C=O) groups is 2. The molecule has 0 atom stereocenters. The highest BCUT2D eigenvalue weighted by molar-refractivity contribution is 7.85. The van der Waals surface area contributed by atoms with E-state index in [-0.39, 0.29) is 16.7 Å². The van der Waals surface area contributed by atoms with E-state index < -0.39 is 10.1 Å². The molecule has 2 heterocycles. The van der Waals surface area contributed by atoms with Gasteiger partial charge in [-0.15, -0.1) is 0 Å². The Labute approximate surface area is 165 Å². The van der Waals surface area contributed by atoms with Crippen LogP contribution < -0.4 is 9.47 Å². The molecular weight excluding hydrogens is 400 g/mol. The molecule has 7 nitrogen and oxygen atoms in total. The lowest BCUT2D eigenvalue weighted by atomic mass is 10.2. The second kappa shape index (κ2) is 7.63. The zero-order valence-corrected chi connectivity index (χ0v) is 16.7. The number of hydrogen-bond acceptors (Lipinski definition) is 6. The van der Waals surface area contributed by atoms with Gasteiger partial charge in [-0.2, -0.15) is 4.57 Å². The van der Waals surface area contributed by atoms with Gasteiger partial charge < -0.3 is 4.55 Å². The zero-order chi connectivity index (χ0) is 20.5. The predicted octanol–water partition coefficient (Wildman–Crippen LogP) is 2.05. The third-order valence-electron chi connectivity index (χ3n) is 4.04. The monoisotopic (exact) mass is 416 g/mol. The maximum Gasteiger partial charge on any atom is 0.258 e. The number of amides is 2. The molecule has 0 radical (unpaired) electrons. The third kappa shape index (κ3) is 4.16. The first-order chi connectivity index (χ1) is 13.2. The van der Waals surface area contributed by atoms with Crippen LogP contribution in [-0.4, -0.2) is 24.8 Å². The first-order valence-corrected chi connectivity index (χ1v) is 10.4. The van der Waals surface area contributed by atoms with Crippen LogP contribution >= 0.6 is 11.3 Å². The van der Waals surface area contributed by atoms with Crippen molar-refractivity contribution in [3.05, 3.63) is 65.7 Å². The summed E-state index contributed by atoms with van der Waals surface area (Å²) >= 11 is 1.58. The van der Waals surface area contributed by atoms with Gasteiger partial charge in [0.25, 0.3) is 11.8 Å². The number of rotatable bonds is 2. The third-order valence-corrected chi connectivity index (χ3v) is 5.89. The van der Waals surface area contributed by atoms with Crippen molar-refractivity contribution in [2.24, 2.45) is 7.05 Å². The lowest BCUT2D eigenvalue weighted by Crippen LogP contribution is -2.29. The van der Waals surface area contributed by atoms with Crippen molar-refractivity contribution in [1.29, 1.82) is 0 Å². The number of nitrogens with zero attached hydrogens (tertiary/aromatic N) is 2. The Balaban J connectivity index is 0.000000178. The molecular formula is C19H16N2O5S2. The molecule has 0 bridgehead atoms. The molecule has 2 amide bonds. The highest BCUT2D eigenvalue weighted by Gasteiger charge is 2.25. The number of carbonyl (C=O) groups excluding carboxylic acids is 2. The van der Waals surface area contributed by atoms with Crippen molar-refractivity contribution in [2.45, 2.75) is 11.8 Å². The molecule has 0 N–H and O–H groups in total. The largest absolute Gasteiger partial charge is 0.744 e. The van der Waals surface area contributed by atoms with Crippen LogP contribution in [0, 0.1) is 6.92 Å². The van der Waals surface area contributed by atoms with Gasteiger partial charge in [0.1, 0.15) is 21.9 Å². The van der Waals surface area contributed by atoms with E-state index in [2.05, 4.69) is 0 Å². The van der Waals surface area contributed by atoms with Gasteiger partial charge in [-0.3, -0.25) is 9.59 Å². The van der Waals surface area contributed by atoms with Gasteiger partial charge in [0.05, 0.1) is 10.6 Å². The molecule has 144 valence electrons. The standard InChI is InChI=1S/C12H9N2O2S.C7H8O3S/c1-13-7-17-10-6-8(2-3-9(10)13)14-11(15)4-5-12(14)16;1-6-2-4-7(5-3-6)11(8,9)10/h2-7H,1H3;2-5H,1H3,(H,8,9,10)/q+1;/p-1. The summed E-state index contributed by atoms with van der Waals surface area (Å²) in [6.07, 6.45) is 2.59. The molecule has 0 fully saturated rings. The minimum Gasteiger partial charge on any atom is -0.744 e. The van der Waals surface area contributed by atoms with E-state index in [4.69, 9.17) is 0 Å². The van der Waals surface area contributed by atoms with Crippen molar-refractivity contribution in [3.8, 4) is 0 Å². The molecule has 1 aliphatic rings. The summed E-state index contributed by atoms with van der Waals surface area (Å²) in [6, 6.07) is 11.4. The maximum absolute atomic E-state index is 11.5. The summed E-state index contributed by atoms with van der Waals surface area (Å²) < 4.78 is 34.2. The first-order valence-electron chi connectivity index (χ1n) is 8.12. The van der Waals surface area contributed by atoms with Crippen LogP contribution in [0.3, 0.4) is 0 Å². The number of anilines is 1. The number of thiazole rings is 1. The predicted molar refractivity (Wildman–Crippen MR) is 104 cm³/mol. The van der Waals surface area contributed by atoms with E-state index in [1.165, 1.54) is 29.2 Å². The summed E-state index contributed by atoms with van der Waals surface area (Å²) in [6.45, 7) is 1.82. The van der Waals surface area contributed by atoms with E-state index >= 15 is 0 Å². The van der Waals surface area contributed by atoms with Gasteiger partial charge >= 0.3 is 0 Å². The number of aromatic nitrogens is 1. The number of benzene rings is 2. The normalized spacial score (nSPS) is 13.8. The summed E-state index contributed by atoms with van der Waals surface area (Å²) in [5.41, 5.74) is 4.63. The van der Waals surface area contributed by atoms with Gasteiger partial charge in [0.2, 0.25) is 11.0 Å². The minimum atomic E-state index is -4.27. The SMILES string of the molecule is C[n+]1csc2cc(N3C(=O)C=CC3=O)ccc21.Cc1ccc(S(=O)(=O)[O-])cc1. The molecule has 3 aromatic rings. The van der Waals surface area contributed by atoms with Crippen molar-refractivity contribution in [3.63, 3.8) is 0 Å². The van der Waals surface area contributed by atoms with Crippen LogP contribution in [0.25, 0.3) is 10.2 Å². The molecule has 0 unspecified atom stereocenters. The Hall–Kier alpha value is -2.88. The van der Waals surface area contributed by atoms with Gasteiger partial charge in [-0.05, 0) is 31.2 Å². The quantitative estimate of drug-likeness (QED) is 0.362. The van der Waals surface area contributed by atoms with E-state index in [1.54, 1.807) is 29.5 Å². The molecule has 0 saturated heterocycles. The van der Waals surface area contributed by atoms with Gasteiger partial charge in [0.15, 0.2) is 0 Å². The van der Waals surface area contributed by atoms with Gasteiger partial charge in [-0.25, -0.2) is 13.3 Å². The van der Waals surface area contributed by atoms with Crippen LogP contribution in [0.2, 0.25) is 0 Å². The Morgan fingerprint density at radius 1 is 1.00 bits per heavy atom. The molecule has 1 aliphatic heterocycles. The fraction of sp³-hybridized carbons (Fsp3) is 0.105. The van der Waals surface area contributed by atoms with Crippen LogP contribution in [0.4, 0.5) is 5.69 Å². The smallest absolute Gasteiger partial charge is 0.258 e. The van der Waals surface area contributed by atoms with Crippen LogP contribution in [0.5, 0.6) is 0 Å². The lowest BCUT2D eigenvalue weighted by molar-refractivity contribution is -0.640. The van der Waals surface area contributed by atoms with E-state index in [0.717, 1.165) is 15.8 Å². The summed E-state index contributed by atoms with van der Waals surface area (Å²) in [5, 5.41) is 0. The van der Waals surface area contributed by atoms with Gasteiger partial charge in [-0.1, -0.05) is 29.0 Å². The molecule has 0 aliphatic carbocycles. The Kier molecular flexibility index (Phi) is 5.41. The summed E-state index contributed by atoms with van der Waals surface area (Å²) in [5.74, 6) is -0.564. The fourth-order valence-corrected chi connectivity index (χ4v) is 3.96. The average molecular weight is 416 g/mol. The molecule has 4 rings (SSSR count). The second-order valence-corrected chi connectivity index (χ2v) is 8.36. The molecule has 1 aromatic heterocycles. The molecule has 2 aromatic carbocycles. The number of aryl methyl sites for hydroxylation is 2. The Bertz CT molecular complexity index is 1180. The van der Waals surface area contributed by atoms with Crippen molar-refractivity contribution in [1.82, 2.24) is 0 Å². The summed E-state index contributed by atoms with van der Waals surface area (Å²) in [4.78, 5) is 24.1. The number of imide groups is 1. The fourth-order valence-electron chi connectivity index (χ4n) is 2.58. The van der Waals surface area contributed by atoms with Crippen molar-refractivity contribution < 1.29 is 27.1 Å². The minimum absolute atomic E-state index is 0.178. The highest BCUT2D eigenvalue weighted by atomic mass is 32.2. The maximum atomic E-state index is 11.5. The molecule has 0 saturated carbocycles. The zero-order valence-electron chi connectivity index (χ0n) is 15.0. The lowest BCUT2D eigenvalue weighted by Gasteiger charge is -2.12. The first kappa shape index (κ1) is 19.9. The summed E-state index contributed by atoms with van der Waals surface area (Å²) in [7, 11) is -2.31.